The first-order valence-corrected chi connectivity index (χ1v) is 5.53. The lowest BCUT2D eigenvalue weighted by molar-refractivity contribution is 0.0689. The molecular weight excluding hydrogens is 274 g/mol. The number of hydrogen-bond donors (Lipinski definition) is 2. The second-order valence-electron chi connectivity index (χ2n) is 2.41. The van der Waals surface area contributed by atoms with Crippen LogP contribution in [-0.4, -0.2) is 24.8 Å². The fourth-order valence-corrected chi connectivity index (χ4v) is 1.71. The van der Waals surface area contributed by atoms with E-state index < -0.39 is 17.0 Å². The standard InChI is InChI=1S/C7H6BrNO4S/c8-5-2-1-4(3-14(12)13)6(9-5)7(10)11/h1-2H,3H2,(H,10,11)(H,12,13). The average molecular weight is 280 g/mol. The smallest absolute Gasteiger partial charge is 0.354 e. The van der Waals surface area contributed by atoms with Crippen LogP contribution in [0.3, 0.4) is 0 Å². The lowest BCUT2D eigenvalue weighted by atomic mass is 10.2. The van der Waals surface area contributed by atoms with Gasteiger partial charge in [0.25, 0.3) is 0 Å². The highest BCUT2D eigenvalue weighted by Gasteiger charge is 2.13. The van der Waals surface area contributed by atoms with Gasteiger partial charge in [-0.3, -0.25) is 0 Å². The Hall–Kier alpha value is -0.790. The van der Waals surface area contributed by atoms with Gasteiger partial charge in [-0.25, -0.2) is 14.0 Å². The Morgan fingerprint density at radius 3 is 2.71 bits per heavy atom. The molecule has 0 bridgehead atoms. The molecule has 1 aromatic heterocycles. The van der Waals surface area contributed by atoms with Crippen molar-refractivity contribution in [2.45, 2.75) is 5.75 Å². The summed E-state index contributed by atoms with van der Waals surface area (Å²) >= 11 is 0.949. The van der Waals surface area contributed by atoms with Crippen LogP contribution < -0.4 is 0 Å². The van der Waals surface area contributed by atoms with Crippen molar-refractivity contribution in [2.24, 2.45) is 0 Å². The van der Waals surface area contributed by atoms with Gasteiger partial charge in [0.2, 0.25) is 0 Å². The van der Waals surface area contributed by atoms with E-state index in [0.29, 0.717) is 4.60 Å². The van der Waals surface area contributed by atoms with Crippen LogP contribution in [0.15, 0.2) is 16.7 Å². The molecule has 0 fully saturated rings. The first kappa shape index (κ1) is 11.3. The number of pyridine rings is 1. The summed E-state index contributed by atoms with van der Waals surface area (Å²) < 4.78 is 19.5. The Labute approximate surface area is 90.6 Å². The largest absolute Gasteiger partial charge is 0.477 e. The van der Waals surface area contributed by atoms with Gasteiger partial charge in [-0.05, 0) is 22.0 Å². The van der Waals surface area contributed by atoms with Crippen molar-refractivity contribution in [2.75, 3.05) is 0 Å². The maximum Gasteiger partial charge on any atom is 0.354 e. The van der Waals surface area contributed by atoms with Gasteiger partial charge in [0, 0.05) is 5.56 Å². The molecule has 1 rings (SSSR count). The number of carboxylic acids is 1. The maximum absolute atomic E-state index is 10.7. The van der Waals surface area contributed by atoms with E-state index in [1.807, 2.05) is 0 Å². The quantitative estimate of drug-likeness (QED) is 0.643. The number of carbonyl (C=O) groups is 1. The Balaban J connectivity index is 3.14. The molecular formula is C7H6BrNO4S. The van der Waals surface area contributed by atoms with Crippen molar-refractivity contribution < 1.29 is 18.7 Å². The third-order valence-electron chi connectivity index (χ3n) is 1.43. The zero-order chi connectivity index (χ0) is 10.7. The molecule has 1 atom stereocenters. The molecule has 7 heteroatoms. The summed E-state index contributed by atoms with van der Waals surface area (Å²) in [6.07, 6.45) is 0. The molecule has 76 valence electrons. The molecule has 1 unspecified atom stereocenters. The molecule has 0 saturated heterocycles. The molecule has 0 spiro atoms. The average Bonchev–Trinajstić information content (AvgIpc) is 2.07. The van der Waals surface area contributed by atoms with Gasteiger partial charge in [-0.15, -0.1) is 0 Å². The Bertz CT molecular complexity index is 395. The van der Waals surface area contributed by atoms with E-state index >= 15 is 0 Å². The number of aromatic carboxylic acids is 1. The molecule has 0 aliphatic rings. The molecule has 14 heavy (non-hydrogen) atoms. The maximum atomic E-state index is 10.7. The number of aromatic nitrogens is 1. The summed E-state index contributed by atoms with van der Waals surface area (Å²) in [5.41, 5.74) is 0.0308. The highest BCUT2D eigenvalue weighted by atomic mass is 79.9. The first-order chi connectivity index (χ1) is 6.50. The number of halogens is 1. The van der Waals surface area contributed by atoms with Crippen LogP contribution in [0.5, 0.6) is 0 Å². The Morgan fingerprint density at radius 2 is 2.21 bits per heavy atom. The van der Waals surface area contributed by atoms with Crippen molar-refractivity contribution in [3.05, 3.63) is 28.0 Å². The van der Waals surface area contributed by atoms with Crippen LogP contribution in [0.1, 0.15) is 16.1 Å². The number of carboxylic acid groups (broad SMARTS) is 1. The molecule has 0 saturated carbocycles. The highest BCUT2D eigenvalue weighted by Crippen LogP contribution is 2.13. The number of nitrogens with zero attached hydrogens (tertiary/aromatic N) is 1. The van der Waals surface area contributed by atoms with Gasteiger partial charge in [-0.1, -0.05) is 6.07 Å². The van der Waals surface area contributed by atoms with E-state index in [1.54, 1.807) is 0 Å². The highest BCUT2D eigenvalue weighted by molar-refractivity contribution is 9.10. The lowest BCUT2D eigenvalue weighted by Gasteiger charge is -2.02. The second-order valence-corrected chi connectivity index (χ2v) is 4.16. The molecule has 2 N–H and O–H groups in total. The molecule has 0 radical (unpaired) electrons. The third-order valence-corrected chi connectivity index (χ3v) is 2.43. The minimum atomic E-state index is -2.07. The van der Waals surface area contributed by atoms with Crippen molar-refractivity contribution in [1.29, 1.82) is 0 Å². The van der Waals surface area contributed by atoms with Crippen LogP contribution in [-0.2, 0) is 16.8 Å². The number of rotatable bonds is 3. The normalized spacial score (nSPS) is 12.4. The summed E-state index contributed by atoms with van der Waals surface area (Å²) in [7, 11) is 0. The van der Waals surface area contributed by atoms with E-state index in [9.17, 15) is 9.00 Å². The van der Waals surface area contributed by atoms with Crippen LogP contribution in [0.4, 0.5) is 0 Å². The lowest BCUT2D eigenvalue weighted by Crippen LogP contribution is -2.07. The van der Waals surface area contributed by atoms with E-state index in [0.717, 1.165) is 0 Å². The van der Waals surface area contributed by atoms with Gasteiger partial charge in [0.1, 0.15) is 4.60 Å². The second kappa shape index (κ2) is 4.63. The third kappa shape index (κ3) is 2.86. The van der Waals surface area contributed by atoms with Crippen LogP contribution in [0, 0.1) is 0 Å². The van der Waals surface area contributed by atoms with Crippen LogP contribution >= 0.6 is 15.9 Å². The Kier molecular flexibility index (Phi) is 3.73. The van der Waals surface area contributed by atoms with Crippen LogP contribution in [0.25, 0.3) is 0 Å². The fraction of sp³-hybridized carbons (Fsp3) is 0.143. The monoisotopic (exact) mass is 279 g/mol. The van der Waals surface area contributed by atoms with Gasteiger partial charge in [0.05, 0.1) is 5.75 Å². The van der Waals surface area contributed by atoms with Gasteiger partial charge >= 0.3 is 5.97 Å². The van der Waals surface area contributed by atoms with E-state index in [-0.39, 0.29) is 17.0 Å². The van der Waals surface area contributed by atoms with Gasteiger partial charge in [-0.2, -0.15) is 0 Å². The predicted molar refractivity (Wildman–Crippen MR) is 53.4 cm³/mol. The summed E-state index contributed by atoms with van der Waals surface area (Å²) in [6.45, 7) is 0. The summed E-state index contributed by atoms with van der Waals surface area (Å²) in [5, 5.41) is 8.74. The van der Waals surface area contributed by atoms with Crippen molar-refractivity contribution >= 4 is 33.0 Å². The topological polar surface area (TPSA) is 87.5 Å². The minimum absolute atomic E-state index is 0.207. The molecule has 0 aromatic carbocycles. The van der Waals surface area contributed by atoms with E-state index in [2.05, 4.69) is 20.9 Å². The van der Waals surface area contributed by atoms with Crippen molar-refractivity contribution in [3.63, 3.8) is 0 Å². The molecule has 1 aromatic rings. The minimum Gasteiger partial charge on any atom is -0.477 e. The number of hydrogen-bond acceptors (Lipinski definition) is 3. The first-order valence-electron chi connectivity index (χ1n) is 3.47. The summed E-state index contributed by atoms with van der Waals surface area (Å²) in [5.74, 6) is -1.45. The fourth-order valence-electron chi connectivity index (χ4n) is 0.899. The van der Waals surface area contributed by atoms with E-state index in [1.165, 1.54) is 12.1 Å². The summed E-state index contributed by atoms with van der Waals surface area (Å²) in [4.78, 5) is 14.4. The van der Waals surface area contributed by atoms with Gasteiger partial charge < -0.3 is 9.66 Å². The molecule has 0 amide bonds. The molecule has 5 nitrogen and oxygen atoms in total. The zero-order valence-electron chi connectivity index (χ0n) is 6.81. The molecule has 1 heterocycles. The van der Waals surface area contributed by atoms with E-state index in [4.69, 9.17) is 9.66 Å². The zero-order valence-corrected chi connectivity index (χ0v) is 9.21. The molecule has 0 aliphatic carbocycles. The summed E-state index contributed by atoms with van der Waals surface area (Å²) in [6, 6.07) is 2.98. The van der Waals surface area contributed by atoms with Gasteiger partial charge in [0.15, 0.2) is 16.8 Å². The van der Waals surface area contributed by atoms with Crippen molar-refractivity contribution in [1.82, 2.24) is 4.98 Å². The Morgan fingerprint density at radius 1 is 1.57 bits per heavy atom. The van der Waals surface area contributed by atoms with Crippen molar-refractivity contribution in [3.8, 4) is 0 Å². The SMILES string of the molecule is O=C(O)c1nc(Br)ccc1CS(=O)O. The molecule has 0 aliphatic heterocycles. The van der Waals surface area contributed by atoms with Crippen LogP contribution in [0.2, 0.25) is 0 Å². The predicted octanol–water partition coefficient (Wildman–Crippen LogP) is 1.26.